The molecule has 0 spiro atoms. The molecule has 162 valence electrons. The van der Waals surface area contributed by atoms with E-state index in [0.29, 0.717) is 42.2 Å². The Morgan fingerprint density at radius 3 is 2.52 bits per heavy atom. The minimum Gasteiger partial charge on any atom is -0.494 e. The third-order valence-electron chi connectivity index (χ3n) is 5.03. The highest BCUT2D eigenvalue weighted by Crippen LogP contribution is 2.29. The molecule has 2 N–H and O–H groups in total. The smallest absolute Gasteiger partial charge is 0.416 e. The molecule has 2 aromatic heterocycles. The van der Waals surface area contributed by atoms with E-state index >= 15 is 0 Å². The molecule has 0 saturated carbocycles. The number of para-hydroxylation sites is 1. The van der Waals surface area contributed by atoms with Gasteiger partial charge in [-0.05, 0) is 43.3 Å². The van der Waals surface area contributed by atoms with Crippen molar-refractivity contribution >= 4 is 22.5 Å². The predicted molar refractivity (Wildman–Crippen MR) is 111 cm³/mol. The predicted octanol–water partition coefficient (Wildman–Crippen LogP) is 3.56. The summed E-state index contributed by atoms with van der Waals surface area (Å²) in [4.78, 5) is 11.0. The molecule has 0 fully saturated rings. The van der Waals surface area contributed by atoms with Crippen LogP contribution in [0.5, 0.6) is 5.75 Å². The Balaban J connectivity index is 1.49. The van der Waals surface area contributed by atoms with Gasteiger partial charge in [-0.15, -0.1) is 5.10 Å². The Bertz CT molecular complexity index is 1220. The molecule has 4 rings (SSSR count). The van der Waals surface area contributed by atoms with Gasteiger partial charge in [-0.3, -0.25) is 4.90 Å². The number of fused-ring (bicyclic) bond motifs is 3. The zero-order valence-electron chi connectivity index (χ0n) is 17.0. The average Bonchev–Trinajstić information content (AvgIpc) is 3.16. The fraction of sp³-hybridized carbons (Fsp3) is 0.286. The first-order valence-corrected chi connectivity index (χ1v) is 9.59. The summed E-state index contributed by atoms with van der Waals surface area (Å²) >= 11 is 0. The van der Waals surface area contributed by atoms with E-state index in [1.807, 2.05) is 24.1 Å². The van der Waals surface area contributed by atoms with Crippen molar-refractivity contribution in [2.24, 2.45) is 0 Å². The second-order valence-electron chi connectivity index (χ2n) is 7.27. The molecular weight excluding hydrogens is 409 g/mol. The molecule has 0 saturated heterocycles. The Labute approximate surface area is 176 Å². The summed E-state index contributed by atoms with van der Waals surface area (Å²) in [5, 5.41) is 5.24. The molecule has 0 aliphatic rings. The van der Waals surface area contributed by atoms with Crippen LogP contribution in [0, 0.1) is 0 Å². The van der Waals surface area contributed by atoms with Gasteiger partial charge < -0.3 is 10.5 Å². The number of nitrogens with two attached hydrogens (primary N) is 1. The van der Waals surface area contributed by atoms with Crippen molar-refractivity contribution < 1.29 is 17.9 Å². The molecule has 0 bridgehead atoms. The fourth-order valence-electron chi connectivity index (χ4n) is 3.40. The second kappa shape index (κ2) is 8.03. The van der Waals surface area contributed by atoms with Crippen LogP contribution in [0.25, 0.3) is 16.6 Å². The quantitative estimate of drug-likeness (QED) is 0.504. The molecule has 10 heteroatoms. The van der Waals surface area contributed by atoms with Crippen molar-refractivity contribution in [2.75, 3.05) is 26.4 Å². The largest absolute Gasteiger partial charge is 0.494 e. The highest BCUT2D eigenvalue weighted by atomic mass is 19.4. The van der Waals surface area contributed by atoms with E-state index in [0.717, 1.165) is 23.1 Å². The molecule has 0 radical (unpaired) electrons. The van der Waals surface area contributed by atoms with Crippen molar-refractivity contribution in [3.05, 3.63) is 59.4 Å². The van der Waals surface area contributed by atoms with Crippen molar-refractivity contribution in [2.45, 2.75) is 19.1 Å². The molecule has 0 aliphatic carbocycles. The lowest BCUT2D eigenvalue weighted by atomic mass is 10.1. The Morgan fingerprint density at radius 1 is 1.10 bits per heavy atom. The SMILES string of the molecule is COc1cccc2c1nc(N)n1nc(CN(C)CCc3ccc(C(F)(F)F)cc3)nc21. The van der Waals surface area contributed by atoms with E-state index in [9.17, 15) is 13.2 Å². The van der Waals surface area contributed by atoms with Crippen molar-refractivity contribution in [3.8, 4) is 5.75 Å². The minimum absolute atomic E-state index is 0.207. The Kier molecular flexibility index (Phi) is 5.40. The van der Waals surface area contributed by atoms with Crippen molar-refractivity contribution in [3.63, 3.8) is 0 Å². The summed E-state index contributed by atoms with van der Waals surface area (Å²) < 4.78 is 44.9. The highest BCUT2D eigenvalue weighted by molar-refractivity contribution is 5.95. The lowest BCUT2D eigenvalue weighted by Gasteiger charge is -2.14. The number of hydrogen-bond acceptors (Lipinski definition) is 6. The molecule has 7 nitrogen and oxygen atoms in total. The number of alkyl halides is 3. The van der Waals surface area contributed by atoms with Gasteiger partial charge in [0.05, 0.1) is 19.2 Å². The number of hydrogen-bond donors (Lipinski definition) is 1. The lowest BCUT2D eigenvalue weighted by molar-refractivity contribution is -0.137. The van der Waals surface area contributed by atoms with E-state index in [1.54, 1.807) is 13.2 Å². The van der Waals surface area contributed by atoms with Crippen LogP contribution in [-0.4, -0.2) is 45.2 Å². The van der Waals surface area contributed by atoms with E-state index in [4.69, 9.17) is 10.5 Å². The summed E-state index contributed by atoms with van der Waals surface area (Å²) in [5.74, 6) is 1.38. The molecule has 31 heavy (non-hydrogen) atoms. The molecule has 0 atom stereocenters. The monoisotopic (exact) mass is 430 g/mol. The van der Waals surface area contributed by atoms with Gasteiger partial charge in [0.2, 0.25) is 5.95 Å². The normalized spacial score (nSPS) is 12.2. The fourth-order valence-corrected chi connectivity index (χ4v) is 3.40. The van der Waals surface area contributed by atoms with E-state index < -0.39 is 11.7 Å². The molecule has 0 amide bonds. The maximum atomic E-state index is 12.7. The van der Waals surface area contributed by atoms with Crippen LogP contribution in [0.4, 0.5) is 19.1 Å². The van der Waals surface area contributed by atoms with E-state index in [-0.39, 0.29) is 5.95 Å². The zero-order chi connectivity index (χ0) is 22.2. The molecule has 0 unspecified atom stereocenters. The number of aromatic nitrogens is 4. The summed E-state index contributed by atoms with van der Waals surface area (Å²) in [6.45, 7) is 1.08. The summed E-state index contributed by atoms with van der Waals surface area (Å²) in [7, 11) is 3.47. The molecule has 0 aliphatic heterocycles. The van der Waals surface area contributed by atoms with Gasteiger partial charge >= 0.3 is 6.18 Å². The van der Waals surface area contributed by atoms with Crippen molar-refractivity contribution in [1.82, 2.24) is 24.5 Å². The highest BCUT2D eigenvalue weighted by Gasteiger charge is 2.29. The van der Waals surface area contributed by atoms with Gasteiger partial charge in [0.1, 0.15) is 11.3 Å². The third kappa shape index (κ3) is 4.24. The van der Waals surface area contributed by atoms with E-state index in [1.165, 1.54) is 16.6 Å². The first-order valence-electron chi connectivity index (χ1n) is 9.59. The molecule has 4 aromatic rings. The zero-order valence-corrected chi connectivity index (χ0v) is 17.0. The number of methoxy groups -OCH3 is 1. The van der Waals surface area contributed by atoms with Gasteiger partial charge in [0, 0.05) is 11.9 Å². The molecule has 2 heterocycles. The summed E-state index contributed by atoms with van der Waals surface area (Å²) in [6, 6.07) is 10.8. The van der Waals surface area contributed by atoms with Gasteiger partial charge in [-0.25, -0.2) is 9.97 Å². The number of nitrogen functional groups attached to an aromatic ring is 1. The van der Waals surface area contributed by atoms with Crippen LogP contribution >= 0.6 is 0 Å². The van der Waals surface area contributed by atoms with Gasteiger partial charge in [-0.1, -0.05) is 18.2 Å². The van der Waals surface area contributed by atoms with Crippen LogP contribution in [0.3, 0.4) is 0 Å². The maximum absolute atomic E-state index is 12.7. The molecular formula is C21H21F3N6O. The van der Waals surface area contributed by atoms with E-state index in [2.05, 4.69) is 15.1 Å². The number of likely N-dealkylation sites (N-methyl/N-ethyl adjacent to an activating group) is 1. The number of halogens is 3. The van der Waals surface area contributed by atoms with Crippen molar-refractivity contribution in [1.29, 1.82) is 0 Å². The number of ether oxygens (including phenoxy) is 1. The second-order valence-corrected chi connectivity index (χ2v) is 7.27. The standard InChI is InChI=1S/C21H21F3N6O/c1-29(11-10-13-6-8-14(9-7-13)21(22,23)24)12-17-26-19-15-4-3-5-16(31-2)18(15)27-20(25)30(19)28-17/h3-9H,10-12H2,1-2H3,(H2,25,27). The van der Waals surface area contributed by atoms with Gasteiger partial charge in [0.25, 0.3) is 0 Å². The first-order chi connectivity index (χ1) is 14.8. The number of benzene rings is 2. The van der Waals surface area contributed by atoms with Crippen LogP contribution in [0.1, 0.15) is 17.0 Å². The summed E-state index contributed by atoms with van der Waals surface area (Å²) in [6.07, 6.45) is -3.72. The maximum Gasteiger partial charge on any atom is 0.416 e. The van der Waals surface area contributed by atoms with Crippen LogP contribution in [-0.2, 0) is 19.1 Å². The Morgan fingerprint density at radius 2 is 1.84 bits per heavy atom. The number of anilines is 1. The van der Waals surface area contributed by atoms with Gasteiger partial charge in [0.15, 0.2) is 11.5 Å². The lowest BCUT2D eigenvalue weighted by Crippen LogP contribution is -2.21. The topological polar surface area (TPSA) is 81.6 Å². The Hall–Kier alpha value is -3.40. The van der Waals surface area contributed by atoms with Crippen LogP contribution in [0.2, 0.25) is 0 Å². The number of nitrogens with zero attached hydrogens (tertiary/aromatic N) is 5. The summed E-state index contributed by atoms with van der Waals surface area (Å²) in [5.41, 5.74) is 7.46. The average molecular weight is 430 g/mol. The van der Waals surface area contributed by atoms with Crippen LogP contribution in [0.15, 0.2) is 42.5 Å². The molecule has 2 aromatic carbocycles. The van der Waals surface area contributed by atoms with Gasteiger partial charge in [-0.2, -0.15) is 17.7 Å². The minimum atomic E-state index is -4.32. The number of rotatable bonds is 6. The first kappa shape index (κ1) is 20.9. The van der Waals surface area contributed by atoms with Crippen LogP contribution < -0.4 is 10.5 Å². The third-order valence-corrected chi connectivity index (χ3v) is 5.03.